The predicted molar refractivity (Wildman–Crippen MR) is 56.9 cm³/mol. The zero-order valence-electron chi connectivity index (χ0n) is 9.55. The molecule has 6 heteroatoms. The number of aromatic nitrogens is 1. The summed E-state index contributed by atoms with van der Waals surface area (Å²) in [5.74, 6) is 0.253. The first-order chi connectivity index (χ1) is 8.26. The maximum Gasteiger partial charge on any atom is 0.277 e. The Labute approximate surface area is 98.7 Å². The summed E-state index contributed by atoms with van der Waals surface area (Å²) in [6, 6.07) is 3.33. The maximum atomic E-state index is 12.0. The number of likely N-dealkylation sites (tertiary alicyclic amines) is 1. The smallest absolute Gasteiger partial charge is 0.277 e. The molecular weight excluding hydrogens is 222 g/mol. The third-order valence-corrected chi connectivity index (χ3v) is 2.73. The van der Waals surface area contributed by atoms with Crippen molar-refractivity contribution >= 4 is 5.91 Å². The third-order valence-electron chi connectivity index (χ3n) is 2.73. The molecule has 6 nitrogen and oxygen atoms in total. The van der Waals surface area contributed by atoms with Crippen LogP contribution in [0.15, 0.2) is 10.6 Å². The van der Waals surface area contributed by atoms with Crippen LogP contribution in [0.4, 0.5) is 0 Å². The highest BCUT2D eigenvalue weighted by molar-refractivity contribution is 5.92. The van der Waals surface area contributed by atoms with Crippen LogP contribution in [-0.4, -0.2) is 35.7 Å². The molecule has 0 bridgehead atoms. The molecule has 0 spiro atoms. The summed E-state index contributed by atoms with van der Waals surface area (Å²) in [5, 5.41) is 12.6. The highest BCUT2D eigenvalue weighted by Crippen LogP contribution is 2.19. The zero-order chi connectivity index (χ0) is 12.3. The van der Waals surface area contributed by atoms with Gasteiger partial charge in [-0.25, -0.2) is 0 Å². The van der Waals surface area contributed by atoms with Crippen LogP contribution in [0, 0.1) is 11.3 Å². The Morgan fingerprint density at radius 2 is 2.65 bits per heavy atom. The second-order valence-corrected chi connectivity index (χ2v) is 3.90. The van der Waals surface area contributed by atoms with Gasteiger partial charge in [-0.2, -0.15) is 5.26 Å². The van der Waals surface area contributed by atoms with Crippen molar-refractivity contribution in [3.63, 3.8) is 0 Å². The number of nitrogens with zero attached hydrogens (tertiary/aromatic N) is 3. The highest BCUT2D eigenvalue weighted by Gasteiger charge is 2.30. The van der Waals surface area contributed by atoms with Gasteiger partial charge in [-0.05, 0) is 12.8 Å². The molecule has 2 heterocycles. The van der Waals surface area contributed by atoms with Gasteiger partial charge in [0, 0.05) is 19.7 Å². The van der Waals surface area contributed by atoms with Gasteiger partial charge in [0.1, 0.15) is 12.6 Å². The molecule has 0 aliphatic carbocycles. The van der Waals surface area contributed by atoms with Gasteiger partial charge in [0.05, 0.1) is 6.07 Å². The van der Waals surface area contributed by atoms with Crippen LogP contribution in [0.5, 0.6) is 0 Å². The lowest BCUT2D eigenvalue weighted by molar-refractivity contribution is 0.0754. The molecule has 1 aliphatic heterocycles. The first-order valence-corrected chi connectivity index (χ1v) is 5.41. The van der Waals surface area contributed by atoms with Crippen molar-refractivity contribution in [3.8, 4) is 6.07 Å². The zero-order valence-corrected chi connectivity index (χ0v) is 9.55. The second kappa shape index (κ2) is 4.97. The van der Waals surface area contributed by atoms with E-state index in [1.54, 1.807) is 6.07 Å². The summed E-state index contributed by atoms with van der Waals surface area (Å²) < 4.78 is 9.83. The molecule has 0 radical (unpaired) electrons. The van der Waals surface area contributed by atoms with Gasteiger partial charge in [0.15, 0.2) is 11.5 Å². The van der Waals surface area contributed by atoms with Crippen LogP contribution in [0.3, 0.4) is 0 Å². The number of hydrogen-bond acceptors (Lipinski definition) is 5. The Kier molecular flexibility index (Phi) is 3.40. The fourth-order valence-electron chi connectivity index (χ4n) is 1.92. The molecule has 1 aromatic rings. The number of rotatable bonds is 3. The molecule has 90 valence electrons. The predicted octanol–water partition coefficient (Wildman–Crippen LogP) is 0.949. The Balaban J connectivity index is 2.11. The van der Waals surface area contributed by atoms with Gasteiger partial charge in [-0.3, -0.25) is 4.79 Å². The minimum atomic E-state index is -0.343. The van der Waals surface area contributed by atoms with Crippen LogP contribution < -0.4 is 0 Å². The number of methoxy groups -OCH3 is 1. The summed E-state index contributed by atoms with van der Waals surface area (Å²) in [6.45, 7) is 0.880. The van der Waals surface area contributed by atoms with Crippen LogP contribution in [0.2, 0.25) is 0 Å². The van der Waals surface area contributed by atoms with Gasteiger partial charge in [0.2, 0.25) is 0 Å². The van der Waals surface area contributed by atoms with E-state index in [9.17, 15) is 4.79 Å². The molecule has 1 unspecified atom stereocenters. The first-order valence-electron chi connectivity index (χ1n) is 5.41. The number of hydrogen-bond donors (Lipinski definition) is 0. The standard InChI is InChI=1S/C11H13N3O3/c1-16-7-9-5-10(13-17-9)11(15)14-4-2-3-8(14)6-12/h5,8H,2-4,7H2,1H3. The van der Waals surface area contributed by atoms with Crippen molar-refractivity contribution in [2.75, 3.05) is 13.7 Å². The van der Waals surface area contributed by atoms with Gasteiger partial charge in [0.25, 0.3) is 5.91 Å². The molecular formula is C11H13N3O3. The van der Waals surface area contributed by atoms with E-state index in [2.05, 4.69) is 11.2 Å². The number of amides is 1. The SMILES string of the molecule is COCc1cc(C(=O)N2CCCC2C#N)no1. The summed E-state index contributed by atoms with van der Waals surface area (Å²) in [4.78, 5) is 13.6. The summed E-state index contributed by atoms with van der Waals surface area (Å²) in [5.41, 5.74) is 0.235. The Hall–Kier alpha value is -1.87. The molecule has 1 fully saturated rings. The fraction of sp³-hybridized carbons (Fsp3) is 0.545. The van der Waals surface area contributed by atoms with E-state index < -0.39 is 0 Å². The van der Waals surface area contributed by atoms with Gasteiger partial charge in [-0.15, -0.1) is 0 Å². The maximum absolute atomic E-state index is 12.0. The number of ether oxygens (including phenoxy) is 1. The lowest BCUT2D eigenvalue weighted by atomic mass is 10.2. The number of carbonyl (C=O) groups excluding carboxylic acids is 1. The van der Waals surface area contributed by atoms with Crippen molar-refractivity contribution in [3.05, 3.63) is 17.5 Å². The van der Waals surface area contributed by atoms with Crippen molar-refractivity contribution < 1.29 is 14.1 Å². The first kappa shape index (κ1) is 11.6. The highest BCUT2D eigenvalue weighted by atomic mass is 16.5. The third kappa shape index (κ3) is 2.29. The van der Waals surface area contributed by atoms with Gasteiger partial charge < -0.3 is 14.2 Å². The summed E-state index contributed by atoms with van der Waals surface area (Å²) >= 11 is 0. The summed E-state index contributed by atoms with van der Waals surface area (Å²) in [6.07, 6.45) is 1.58. The normalized spacial score (nSPS) is 19.3. The van der Waals surface area contributed by atoms with E-state index in [0.29, 0.717) is 12.3 Å². The lowest BCUT2D eigenvalue weighted by Gasteiger charge is -2.17. The van der Waals surface area contributed by atoms with E-state index in [4.69, 9.17) is 14.5 Å². The Morgan fingerprint density at radius 3 is 3.35 bits per heavy atom. The Morgan fingerprint density at radius 1 is 1.82 bits per heavy atom. The number of carbonyl (C=O) groups is 1. The molecule has 0 N–H and O–H groups in total. The largest absolute Gasteiger partial charge is 0.377 e. The minimum absolute atomic E-state index is 0.235. The van der Waals surface area contributed by atoms with Crippen LogP contribution in [0.25, 0.3) is 0 Å². The van der Waals surface area contributed by atoms with Crippen molar-refractivity contribution in [2.45, 2.75) is 25.5 Å². The lowest BCUT2D eigenvalue weighted by Crippen LogP contribution is -2.34. The molecule has 0 saturated carbocycles. The van der Waals surface area contributed by atoms with E-state index >= 15 is 0 Å². The molecule has 1 amide bonds. The minimum Gasteiger partial charge on any atom is -0.377 e. The quantitative estimate of drug-likeness (QED) is 0.779. The van der Waals surface area contributed by atoms with Gasteiger partial charge >= 0.3 is 0 Å². The van der Waals surface area contributed by atoms with Crippen LogP contribution in [0.1, 0.15) is 29.1 Å². The van der Waals surface area contributed by atoms with Crippen LogP contribution in [-0.2, 0) is 11.3 Å². The van der Waals surface area contributed by atoms with Gasteiger partial charge in [-0.1, -0.05) is 5.16 Å². The summed E-state index contributed by atoms with van der Waals surface area (Å²) in [7, 11) is 1.54. The monoisotopic (exact) mass is 235 g/mol. The molecule has 1 saturated heterocycles. The van der Waals surface area contributed by atoms with Crippen LogP contribution >= 0.6 is 0 Å². The second-order valence-electron chi connectivity index (χ2n) is 3.90. The molecule has 17 heavy (non-hydrogen) atoms. The van der Waals surface area contributed by atoms with Crippen molar-refractivity contribution in [2.24, 2.45) is 0 Å². The van der Waals surface area contributed by atoms with Crippen molar-refractivity contribution in [1.29, 1.82) is 5.26 Å². The van der Waals surface area contributed by atoms with E-state index in [-0.39, 0.29) is 24.2 Å². The fourth-order valence-corrected chi connectivity index (χ4v) is 1.92. The van der Waals surface area contributed by atoms with E-state index in [0.717, 1.165) is 12.8 Å². The topological polar surface area (TPSA) is 79.4 Å². The molecule has 1 atom stereocenters. The molecule has 2 rings (SSSR count). The average molecular weight is 235 g/mol. The van der Waals surface area contributed by atoms with E-state index in [1.807, 2.05) is 0 Å². The average Bonchev–Trinajstić information content (AvgIpc) is 2.96. The molecule has 1 aromatic heterocycles. The molecule has 0 aromatic carbocycles. The number of nitriles is 1. The van der Waals surface area contributed by atoms with Crippen molar-refractivity contribution in [1.82, 2.24) is 10.1 Å². The Bertz CT molecular complexity index is 449. The molecule has 1 aliphatic rings. The van der Waals surface area contributed by atoms with E-state index in [1.165, 1.54) is 12.0 Å².